The highest BCUT2D eigenvalue weighted by atomic mass is 16.5. The van der Waals surface area contributed by atoms with Gasteiger partial charge in [0.15, 0.2) is 0 Å². The largest absolute Gasteiger partial charge is 0.494 e. The standard InChI is InChI=1S/C17H34N2O/c1-9-11-12-20-15(6)16(10-2)17(18-7)19(8)14(5)13(3)4/h13-14,18H,6,9-12H2,1-5,7-8H3/b17-16+. The summed E-state index contributed by atoms with van der Waals surface area (Å²) in [5, 5.41) is 3.32. The molecule has 0 heterocycles. The fraction of sp³-hybridized carbons (Fsp3) is 0.765. The maximum Gasteiger partial charge on any atom is 0.118 e. The van der Waals surface area contributed by atoms with Crippen molar-refractivity contribution < 1.29 is 4.74 Å². The number of nitrogens with one attached hydrogen (secondary N) is 1. The number of allylic oxidation sites excluding steroid dienone is 1. The van der Waals surface area contributed by atoms with Crippen LogP contribution in [0.25, 0.3) is 0 Å². The summed E-state index contributed by atoms with van der Waals surface area (Å²) < 4.78 is 5.79. The first-order valence-electron chi connectivity index (χ1n) is 7.86. The van der Waals surface area contributed by atoms with Crippen LogP contribution in [0.15, 0.2) is 23.7 Å². The Morgan fingerprint density at radius 1 is 1.25 bits per heavy atom. The van der Waals surface area contributed by atoms with Crippen LogP contribution in [0.3, 0.4) is 0 Å². The third-order valence-electron chi connectivity index (χ3n) is 3.92. The lowest BCUT2D eigenvalue weighted by Crippen LogP contribution is -2.38. The predicted molar refractivity (Wildman–Crippen MR) is 88.4 cm³/mol. The van der Waals surface area contributed by atoms with Gasteiger partial charge in [-0.25, -0.2) is 0 Å². The molecule has 0 saturated carbocycles. The maximum absolute atomic E-state index is 5.79. The molecule has 3 nitrogen and oxygen atoms in total. The van der Waals surface area contributed by atoms with Crippen LogP contribution in [0.2, 0.25) is 0 Å². The van der Waals surface area contributed by atoms with E-state index in [1.165, 1.54) is 5.57 Å². The van der Waals surface area contributed by atoms with Crippen molar-refractivity contribution >= 4 is 0 Å². The van der Waals surface area contributed by atoms with Crippen LogP contribution in [-0.4, -0.2) is 31.6 Å². The molecular formula is C17H34N2O. The van der Waals surface area contributed by atoms with Gasteiger partial charge in [0.25, 0.3) is 0 Å². The zero-order valence-corrected chi connectivity index (χ0v) is 14.5. The second-order valence-electron chi connectivity index (χ2n) is 5.65. The van der Waals surface area contributed by atoms with E-state index in [1.807, 2.05) is 7.05 Å². The quantitative estimate of drug-likeness (QED) is 0.370. The van der Waals surface area contributed by atoms with Gasteiger partial charge in [-0.05, 0) is 25.7 Å². The first-order valence-corrected chi connectivity index (χ1v) is 7.86. The fourth-order valence-corrected chi connectivity index (χ4v) is 2.11. The van der Waals surface area contributed by atoms with Gasteiger partial charge in [0.05, 0.1) is 6.61 Å². The number of rotatable bonds is 10. The zero-order valence-electron chi connectivity index (χ0n) is 14.5. The molecule has 118 valence electrons. The Bertz CT molecular complexity index is 321. The molecular weight excluding hydrogens is 248 g/mol. The zero-order chi connectivity index (χ0) is 15.7. The van der Waals surface area contributed by atoms with Crippen LogP contribution in [0.4, 0.5) is 0 Å². The minimum atomic E-state index is 0.461. The van der Waals surface area contributed by atoms with Crippen molar-refractivity contribution in [2.75, 3.05) is 20.7 Å². The summed E-state index contributed by atoms with van der Waals surface area (Å²) >= 11 is 0. The SMILES string of the molecule is C=C(OCCCC)/C(CC)=C(\NC)N(C)C(C)C(C)C. The van der Waals surface area contributed by atoms with Crippen LogP contribution in [-0.2, 0) is 4.74 Å². The molecule has 0 saturated heterocycles. The van der Waals surface area contributed by atoms with E-state index in [1.54, 1.807) is 0 Å². The fourth-order valence-electron chi connectivity index (χ4n) is 2.11. The molecule has 0 aromatic rings. The Morgan fingerprint density at radius 3 is 2.25 bits per heavy atom. The minimum Gasteiger partial charge on any atom is -0.494 e. The molecule has 0 aliphatic heterocycles. The summed E-state index contributed by atoms with van der Waals surface area (Å²) in [5.74, 6) is 2.51. The van der Waals surface area contributed by atoms with E-state index < -0.39 is 0 Å². The van der Waals surface area contributed by atoms with Crippen LogP contribution < -0.4 is 5.32 Å². The predicted octanol–water partition coefficient (Wildman–Crippen LogP) is 4.13. The Labute approximate surface area is 126 Å². The van der Waals surface area contributed by atoms with E-state index in [0.29, 0.717) is 12.0 Å². The molecule has 0 radical (unpaired) electrons. The van der Waals surface area contributed by atoms with Gasteiger partial charge in [-0.2, -0.15) is 0 Å². The van der Waals surface area contributed by atoms with Crippen LogP contribution in [0.5, 0.6) is 0 Å². The van der Waals surface area contributed by atoms with E-state index in [2.05, 4.69) is 58.5 Å². The Kier molecular flexibility index (Phi) is 9.19. The molecule has 3 heteroatoms. The lowest BCUT2D eigenvalue weighted by molar-refractivity contribution is 0.206. The monoisotopic (exact) mass is 282 g/mol. The average Bonchev–Trinajstić information content (AvgIpc) is 2.42. The van der Waals surface area contributed by atoms with Crippen LogP contribution in [0, 0.1) is 5.92 Å². The van der Waals surface area contributed by atoms with Crippen LogP contribution in [0.1, 0.15) is 53.9 Å². The Balaban J connectivity index is 5.10. The molecule has 0 aromatic carbocycles. The number of nitrogens with zero attached hydrogens (tertiary/aromatic N) is 1. The lowest BCUT2D eigenvalue weighted by Gasteiger charge is -2.33. The summed E-state index contributed by atoms with van der Waals surface area (Å²) in [5.41, 5.74) is 1.17. The van der Waals surface area contributed by atoms with Crippen molar-refractivity contribution in [1.29, 1.82) is 0 Å². The van der Waals surface area contributed by atoms with Gasteiger partial charge in [0, 0.05) is 25.7 Å². The smallest absolute Gasteiger partial charge is 0.118 e. The van der Waals surface area contributed by atoms with Crippen molar-refractivity contribution in [3.05, 3.63) is 23.7 Å². The topological polar surface area (TPSA) is 24.5 Å². The van der Waals surface area contributed by atoms with Gasteiger partial charge < -0.3 is 15.0 Å². The second kappa shape index (κ2) is 9.73. The lowest BCUT2D eigenvalue weighted by atomic mass is 10.0. The van der Waals surface area contributed by atoms with Crippen molar-refractivity contribution in [3.8, 4) is 0 Å². The Morgan fingerprint density at radius 2 is 1.85 bits per heavy atom. The van der Waals surface area contributed by atoms with Crippen molar-refractivity contribution in [2.24, 2.45) is 5.92 Å². The molecule has 0 aliphatic rings. The molecule has 20 heavy (non-hydrogen) atoms. The van der Waals surface area contributed by atoms with Crippen molar-refractivity contribution in [2.45, 2.75) is 59.9 Å². The van der Waals surface area contributed by atoms with Gasteiger partial charge >= 0.3 is 0 Å². The van der Waals surface area contributed by atoms with E-state index in [0.717, 1.165) is 37.4 Å². The second-order valence-corrected chi connectivity index (χ2v) is 5.65. The van der Waals surface area contributed by atoms with Crippen molar-refractivity contribution in [3.63, 3.8) is 0 Å². The van der Waals surface area contributed by atoms with Gasteiger partial charge in [-0.15, -0.1) is 0 Å². The van der Waals surface area contributed by atoms with Gasteiger partial charge in [-0.1, -0.05) is 40.7 Å². The first kappa shape index (κ1) is 18.9. The molecule has 1 N–H and O–H groups in total. The van der Waals surface area contributed by atoms with Gasteiger partial charge in [0.1, 0.15) is 11.6 Å². The van der Waals surface area contributed by atoms with Crippen LogP contribution >= 0.6 is 0 Å². The van der Waals surface area contributed by atoms with Crippen molar-refractivity contribution in [1.82, 2.24) is 10.2 Å². The molecule has 0 rings (SSSR count). The summed E-state index contributed by atoms with van der Waals surface area (Å²) in [6.07, 6.45) is 3.13. The number of hydrogen-bond donors (Lipinski definition) is 1. The highest BCUT2D eigenvalue weighted by molar-refractivity contribution is 5.28. The molecule has 0 amide bonds. The number of hydrogen-bond acceptors (Lipinski definition) is 3. The third-order valence-corrected chi connectivity index (χ3v) is 3.92. The van der Waals surface area contributed by atoms with E-state index >= 15 is 0 Å². The molecule has 0 aliphatic carbocycles. The molecule has 0 aromatic heterocycles. The van der Waals surface area contributed by atoms with E-state index in [9.17, 15) is 0 Å². The van der Waals surface area contributed by atoms with E-state index in [4.69, 9.17) is 4.74 Å². The van der Waals surface area contributed by atoms with Gasteiger partial charge in [-0.3, -0.25) is 0 Å². The molecule has 0 spiro atoms. The minimum absolute atomic E-state index is 0.461. The number of unbranched alkanes of at least 4 members (excludes halogenated alkanes) is 1. The highest BCUT2D eigenvalue weighted by Gasteiger charge is 2.19. The summed E-state index contributed by atoms with van der Waals surface area (Å²) in [6.45, 7) is 15.9. The number of ether oxygens (including phenoxy) is 1. The van der Waals surface area contributed by atoms with Gasteiger partial charge in [0.2, 0.25) is 0 Å². The first-order chi connectivity index (χ1) is 9.40. The molecule has 1 unspecified atom stereocenters. The molecule has 0 bridgehead atoms. The molecule has 1 atom stereocenters. The maximum atomic E-state index is 5.79. The summed E-state index contributed by atoms with van der Waals surface area (Å²) in [4.78, 5) is 2.29. The van der Waals surface area contributed by atoms with E-state index in [-0.39, 0.29) is 0 Å². The normalized spacial score (nSPS) is 13.8. The Hall–Kier alpha value is -1.12. The highest BCUT2D eigenvalue weighted by Crippen LogP contribution is 2.22. The molecule has 0 fully saturated rings. The third kappa shape index (κ3) is 5.48. The summed E-state index contributed by atoms with van der Waals surface area (Å²) in [7, 11) is 4.10. The average molecular weight is 282 g/mol. The summed E-state index contributed by atoms with van der Waals surface area (Å²) in [6, 6.07) is 0.461.